The molecule has 0 aromatic heterocycles. The van der Waals surface area contributed by atoms with E-state index in [1.165, 1.54) is 18.3 Å². The van der Waals surface area contributed by atoms with Gasteiger partial charge in [-0.3, -0.25) is 0 Å². The van der Waals surface area contributed by atoms with Crippen molar-refractivity contribution in [3.63, 3.8) is 0 Å². The minimum atomic E-state index is -3.80. The average Bonchev–Trinajstić information content (AvgIpc) is 2.50. The molecule has 4 nitrogen and oxygen atoms in total. The Morgan fingerprint density at radius 3 is 2.29 bits per heavy atom. The van der Waals surface area contributed by atoms with Crippen molar-refractivity contribution >= 4 is 31.5 Å². The van der Waals surface area contributed by atoms with E-state index in [1.807, 2.05) is 12.1 Å². The minimum absolute atomic E-state index is 0.0930. The largest absolute Gasteiger partial charge is 0.360 e. The highest BCUT2D eigenvalue weighted by atomic mass is 79.9. The SMILES string of the molecule is N#C/C(=C\Nc1ccc(Br)cc1)S(=O)(=O)c1ccccc1. The van der Waals surface area contributed by atoms with Crippen LogP contribution in [0.25, 0.3) is 0 Å². The molecule has 0 radical (unpaired) electrons. The van der Waals surface area contributed by atoms with Gasteiger partial charge in [0.25, 0.3) is 0 Å². The minimum Gasteiger partial charge on any atom is -0.360 e. The number of nitriles is 1. The summed E-state index contributed by atoms with van der Waals surface area (Å²) in [5.41, 5.74) is 0.689. The fraction of sp³-hybridized carbons (Fsp3) is 0. The highest BCUT2D eigenvalue weighted by molar-refractivity contribution is 9.10. The molecule has 0 saturated carbocycles. The van der Waals surface area contributed by atoms with E-state index in [9.17, 15) is 8.42 Å². The van der Waals surface area contributed by atoms with Crippen LogP contribution in [0.3, 0.4) is 0 Å². The smallest absolute Gasteiger partial charge is 0.218 e. The lowest BCUT2D eigenvalue weighted by Crippen LogP contribution is -2.05. The molecule has 0 fully saturated rings. The van der Waals surface area contributed by atoms with Gasteiger partial charge in [0.1, 0.15) is 6.07 Å². The molecule has 21 heavy (non-hydrogen) atoms. The van der Waals surface area contributed by atoms with Crippen LogP contribution in [0.4, 0.5) is 5.69 Å². The molecule has 0 amide bonds. The Kier molecular flexibility index (Phi) is 4.78. The van der Waals surface area contributed by atoms with Crippen LogP contribution in [0.15, 0.2) is 75.1 Å². The summed E-state index contributed by atoms with van der Waals surface area (Å²) in [5, 5.41) is 11.9. The summed E-state index contributed by atoms with van der Waals surface area (Å²) >= 11 is 3.31. The van der Waals surface area contributed by atoms with Crippen LogP contribution < -0.4 is 5.32 Å². The van der Waals surface area contributed by atoms with E-state index in [2.05, 4.69) is 21.2 Å². The molecule has 2 rings (SSSR count). The van der Waals surface area contributed by atoms with Crippen LogP contribution in [0.2, 0.25) is 0 Å². The maximum absolute atomic E-state index is 12.3. The Bertz CT molecular complexity index is 792. The quantitative estimate of drug-likeness (QED) is 0.841. The van der Waals surface area contributed by atoms with E-state index in [0.717, 1.165) is 4.47 Å². The summed E-state index contributed by atoms with van der Waals surface area (Å²) in [6.07, 6.45) is 1.20. The Morgan fingerprint density at radius 2 is 1.71 bits per heavy atom. The normalized spacial score (nSPS) is 11.7. The van der Waals surface area contributed by atoms with Crippen molar-refractivity contribution in [2.45, 2.75) is 4.90 Å². The van der Waals surface area contributed by atoms with Crippen molar-refractivity contribution in [2.75, 3.05) is 5.32 Å². The fourth-order valence-corrected chi connectivity index (χ4v) is 2.96. The standard InChI is InChI=1S/C15H11BrN2O2S/c16-12-6-8-13(9-7-12)18-11-15(10-17)21(19,20)14-4-2-1-3-5-14/h1-9,11,18H/b15-11+. The number of nitrogens with one attached hydrogen (secondary N) is 1. The van der Waals surface area contributed by atoms with Gasteiger partial charge in [-0.2, -0.15) is 5.26 Å². The molecule has 6 heteroatoms. The number of sulfone groups is 1. The molecule has 0 atom stereocenters. The Hall–Kier alpha value is -2.10. The number of halogens is 1. The third kappa shape index (κ3) is 3.72. The highest BCUT2D eigenvalue weighted by Gasteiger charge is 2.20. The lowest BCUT2D eigenvalue weighted by molar-refractivity contribution is 0.603. The van der Waals surface area contributed by atoms with Crippen LogP contribution in [0.1, 0.15) is 0 Å². The van der Waals surface area contributed by atoms with Crippen LogP contribution in [0.5, 0.6) is 0 Å². The van der Waals surface area contributed by atoms with E-state index in [0.29, 0.717) is 5.69 Å². The summed E-state index contributed by atoms with van der Waals surface area (Å²) in [6.45, 7) is 0. The van der Waals surface area contributed by atoms with Gasteiger partial charge in [0.2, 0.25) is 9.84 Å². The molecular formula is C15H11BrN2O2S. The Labute approximate surface area is 131 Å². The van der Waals surface area contributed by atoms with E-state index < -0.39 is 9.84 Å². The first-order valence-corrected chi connectivity index (χ1v) is 8.24. The molecule has 0 saturated heterocycles. The molecule has 106 valence electrons. The second-order valence-corrected chi connectivity index (χ2v) is 6.92. The first-order valence-electron chi connectivity index (χ1n) is 5.96. The monoisotopic (exact) mass is 362 g/mol. The predicted octanol–water partition coefficient (Wildman–Crippen LogP) is 3.70. The molecule has 0 bridgehead atoms. The molecule has 0 spiro atoms. The van der Waals surface area contributed by atoms with Gasteiger partial charge >= 0.3 is 0 Å². The Balaban J connectivity index is 2.29. The molecule has 0 aliphatic rings. The number of benzene rings is 2. The van der Waals surface area contributed by atoms with E-state index >= 15 is 0 Å². The summed E-state index contributed by atoms with van der Waals surface area (Å²) in [7, 11) is -3.80. The average molecular weight is 363 g/mol. The Morgan fingerprint density at radius 1 is 1.10 bits per heavy atom. The summed E-state index contributed by atoms with van der Waals surface area (Å²) in [5.74, 6) is 0. The zero-order valence-corrected chi connectivity index (χ0v) is 13.2. The number of anilines is 1. The molecule has 2 aromatic rings. The van der Waals surface area contributed by atoms with Gasteiger partial charge in [0, 0.05) is 16.4 Å². The topological polar surface area (TPSA) is 70.0 Å². The van der Waals surface area contributed by atoms with E-state index in [4.69, 9.17) is 5.26 Å². The second kappa shape index (κ2) is 6.57. The maximum atomic E-state index is 12.3. The summed E-state index contributed by atoms with van der Waals surface area (Å²) < 4.78 is 25.5. The fourth-order valence-electron chi connectivity index (χ4n) is 1.59. The zero-order chi connectivity index (χ0) is 15.3. The van der Waals surface area contributed by atoms with Crippen molar-refractivity contribution in [3.05, 3.63) is 70.2 Å². The second-order valence-electron chi connectivity index (χ2n) is 4.09. The van der Waals surface area contributed by atoms with Gasteiger partial charge in [0.15, 0.2) is 4.91 Å². The number of nitrogens with zero attached hydrogens (tertiary/aromatic N) is 1. The molecule has 2 aromatic carbocycles. The lowest BCUT2D eigenvalue weighted by atomic mass is 10.3. The summed E-state index contributed by atoms with van der Waals surface area (Å²) in [6, 6.07) is 16.8. The number of hydrogen-bond acceptors (Lipinski definition) is 4. The van der Waals surface area contributed by atoms with Gasteiger partial charge in [-0.25, -0.2) is 8.42 Å². The van der Waals surface area contributed by atoms with Crippen LogP contribution in [0, 0.1) is 11.3 Å². The molecule has 0 aliphatic carbocycles. The molecular weight excluding hydrogens is 352 g/mol. The van der Waals surface area contributed by atoms with E-state index in [-0.39, 0.29) is 9.80 Å². The van der Waals surface area contributed by atoms with Gasteiger partial charge in [-0.05, 0) is 36.4 Å². The van der Waals surface area contributed by atoms with Crippen molar-refractivity contribution < 1.29 is 8.42 Å². The first kappa shape index (κ1) is 15.3. The van der Waals surface area contributed by atoms with Crippen LogP contribution in [-0.2, 0) is 9.84 Å². The number of allylic oxidation sites excluding steroid dienone is 1. The van der Waals surface area contributed by atoms with Gasteiger partial charge in [-0.15, -0.1) is 0 Å². The van der Waals surface area contributed by atoms with Crippen LogP contribution in [-0.4, -0.2) is 8.42 Å². The molecule has 1 N–H and O–H groups in total. The van der Waals surface area contributed by atoms with Crippen molar-refractivity contribution in [2.24, 2.45) is 0 Å². The zero-order valence-electron chi connectivity index (χ0n) is 10.8. The molecule has 0 heterocycles. The predicted molar refractivity (Wildman–Crippen MR) is 85.1 cm³/mol. The van der Waals surface area contributed by atoms with E-state index in [1.54, 1.807) is 36.4 Å². The van der Waals surface area contributed by atoms with Gasteiger partial charge < -0.3 is 5.32 Å². The number of hydrogen-bond donors (Lipinski definition) is 1. The first-order chi connectivity index (χ1) is 10.0. The molecule has 0 unspecified atom stereocenters. The lowest BCUT2D eigenvalue weighted by Gasteiger charge is -2.04. The van der Waals surface area contributed by atoms with Gasteiger partial charge in [0.05, 0.1) is 4.90 Å². The van der Waals surface area contributed by atoms with Crippen molar-refractivity contribution in [1.82, 2.24) is 0 Å². The van der Waals surface area contributed by atoms with Crippen molar-refractivity contribution in [1.29, 1.82) is 5.26 Å². The van der Waals surface area contributed by atoms with Crippen LogP contribution >= 0.6 is 15.9 Å². The van der Waals surface area contributed by atoms with Crippen molar-refractivity contribution in [3.8, 4) is 6.07 Å². The summed E-state index contributed by atoms with van der Waals surface area (Å²) in [4.78, 5) is -0.243. The van der Waals surface area contributed by atoms with Gasteiger partial charge in [-0.1, -0.05) is 34.1 Å². The third-order valence-corrected chi connectivity index (χ3v) is 4.88. The molecule has 0 aliphatic heterocycles. The third-order valence-electron chi connectivity index (χ3n) is 2.67. The maximum Gasteiger partial charge on any atom is 0.218 e. The number of rotatable bonds is 4. The highest BCUT2D eigenvalue weighted by Crippen LogP contribution is 2.19.